The Labute approximate surface area is 165 Å². The fourth-order valence-corrected chi connectivity index (χ4v) is 5.33. The third-order valence-electron chi connectivity index (χ3n) is 4.44. The summed E-state index contributed by atoms with van der Waals surface area (Å²) in [7, 11) is -3.43. The Bertz CT molecular complexity index is 847. The highest BCUT2D eigenvalue weighted by atomic mass is 32.2. The van der Waals surface area contributed by atoms with Gasteiger partial charge in [0.2, 0.25) is 10.0 Å². The van der Waals surface area contributed by atoms with Crippen LogP contribution < -0.4 is 5.32 Å². The highest BCUT2D eigenvalue weighted by molar-refractivity contribution is 7.99. The Balaban J connectivity index is 1.46. The van der Waals surface area contributed by atoms with Crippen molar-refractivity contribution in [1.29, 1.82) is 0 Å². The monoisotopic (exact) mass is 404 g/mol. The molecule has 2 aromatic rings. The van der Waals surface area contributed by atoms with E-state index in [0.29, 0.717) is 25.2 Å². The molecule has 0 aliphatic carbocycles. The van der Waals surface area contributed by atoms with Gasteiger partial charge in [-0.25, -0.2) is 8.42 Å². The third-order valence-corrected chi connectivity index (χ3v) is 7.45. The molecule has 1 aliphatic rings. The summed E-state index contributed by atoms with van der Waals surface area (Å²) in [5.74, 6) is 0.752. The van der Waals surface area contributed by atoms with Crippen LogP contribution in [0.3, 0.4) is 0 Å². The zero-order valence-electron chi connectivity index (χ0n) is 15.1. The average molecular weight is 405 g/mol. The molecule has 1 aliphatic heterocycles. The van der Waals surface area contributed by atoms with Crippen molar-refractivity contribution in [3.05, 3.63) is 60.2 Å². The van der Waals surface area contributed by atoms with Gasteiger partial charge in [0.15, 0.2) is 0 Å². The van der Waals surface area contributed by atoms with E-state index in [0.717, 1.165) is 25.0 Å². The molecule has 0 atom stereocenters. The SMILES string of the molecule is O=C(NCCCSc1ccccc1)c1ccc(S(=O)(=O)N2CCCC2)cc1. The highest BCUT2D eigenvalue weighted by Crippen LogP contribution is 2.21. The first-order valence-electron chi connectivity index (χ1n) is 9.14. The molecule has 0 unspecified atom stereocenters. The van der Waals surface area contributed by atoms with Gasteiger partial charge in [0.05, 0.1) is 4.90 Å². The number of carbonyl (C=O) groups excluding carboxylic acids is 1. The van der Waals surface area contributed by atoms with Gasteiger partial charge in [-0.1, -0.05) is 18.2 Å². The number of nitrogens with one attached hydrogen (secondary N) is 1. The van der Waals surface area contributed by atoms with Gasteiger partial charge >= 0.3 is 0 Å². The van der Waals surface area contributed by atoms with Gasteiger partial charge in [0.25, 0.3) is 5.91 Å². The van der Waals surface area contributed by atoms with Gasteiger partial charge in [0.1, 0.15) is 0 Å². The fraction of sp³-hybridized carbons (Fsp3) is 0.350. The van der Waals surface area contributed by atoms with Crippen LogP contribution in [0.2, 0.25) is 0 Å². The average Bonchev–Trinajstić information content (AvgIpc) is 3.24. The molecule has 1 amide bonds. The van der Waals surface area contributed by atoms with Crippen molar-refractivity contribution in [2.45, 2.75) is 29.1 Å². The highest BCUT2D eigenvalue weighted by Gasteiger charge is 2.27. The van der Waals surface area contributed by atoms with Crippen molar-refractivity contribution >= 4 is 27.7 Å². The molecule has 1 saturated heterocycles. The second-order valence-electron chi connectivity index (χ2n) is 6.41. The normalized spacial score (nSPS) is 15.0. The maximum Gasteiger partial charge on any atom is 0.251 e. The van der Waals surface area contributed by atoms with Gasteiger partial charge in [-0.05, 0) is 61.4 Å². The van der Waals surface area contributed by atoms with Crippen LogP contribution in [0.1, 0.15) is 29.6 Å². The number of carbonyl (C=O) groups is 1. The second-order valence-corrected chi connectivity index (χ2v) is 9.51. The minimum Gasteiger partial charge on any atom is -0.352 e. The molecule has 7 heteroatoms. The van der Waals surface area contributed by atoms with Crippen molar-refractivity contribution in [3.8, 4) is 0 Å². The van der Waals surface area contributed by atoms with Crippen LogP contribution in [-0.2, 0) is 10.0 Å². The smallest absolute Gasteiger partial charge is 0.251 e. The summed E-state index contributed by atoms with van der Waals surface area (Å²) in [6.07, 6.45) is 2.68. The molecule has 0 spiro atoms. The maximum atomic E-state index is 12.5. The molecule has 27 heavy (non-hydrogen) atoms. The van der Waals surface area contributed by atoms with Crippen LogP contribution in [-0.4, -0.2) is 44.0 Å². The topological polar surface area (TPSA) is 66.5 Å². The summed E-state index contributed by atoms with van der Waals surface area (Å²) in [5.41, 5.74) is 0.478. The van der Waals surface area contributed by atoms with E-state index >= 15 is 0 Å². The molecule has 0 saturated carbocycles. The Morgan fingerprint density at radius 3 is 2.33 bits per heavy atom. The maximum absolute atomic E-state index is 12.5. The van der Waals surface area contributed by atoms with Crippen LogP contribution in [0.5, 0.6) is 0 Å². The molecule has 2 aromatic carbocycles. The molecule has 3 rings (SSSR count). The summed E-state index contributed by atoms with van der Waals surface area (Å²) < 4.78 is 26.5. The lowest BCUT2D eigenvalue weighted by Gasteiger charge is -2.15. The molecule has 144 valence electrons. The Morgan fingerprint density at radius 1 is 1.00 bits per heavy atom. The van der Waals surface area contributed by atoms with Gasteiger partial charge in [-0.3, -0.25) is 4.79 Å². The van der Waals surface area contributed by atoms with Crippen molar-refractivity contribution in [3.63, 3.8) is 0 Å². The van der Waals surface area contributed by atoms with Crippen LogP contribution in [0, 0.1) is 0 Å². The molecule has 0 aromatic heterocycles. The fourth-order valence-electron chi connectivity index (χ4n) is 2.94. The van der Waals surface area contributed by atoms with Gasteiger partial charge < -0.3 is 5.32 Å². The number of amides is 1. The molecule has 1 N–H and O–H groups in total. The molecule has 0 bridgehead atoms. The number of rotatable bonds is 8. The third kappa shape index (κ3) is 5.34. The summed E-state index contributed by atoms with van der Waals surface area (Å²) in [6.45, 7) is 1.74. The van der Waals surface area contributed by atoms with Crippen molar-refractivity contribution in [2.24, 2.45) is 0 Å². The number of hydrogen-bond acceptors (Lipinski definition) is 4. The summed E-state index contributed by atoms with van der Waals surface area (Å²) in [5, 5.41) is 2.89. The summed E-state index contributed by atoms with van der Waals surface area (Å²) >= 11 is 1.76. The number of hydrogen-bond donors (Lipinski definition) is 1. The van der Waals surface area contributed by atoms with E-state index in [9.17, 15) is 13.2 Å². The molecule has 1 fully saturated rings. The largest absolute Gasteiger partial charge is 0.352 e. The van der Waals surface area contributed by atoms with Crippen molar-refractivity contribution < 1.29 is 13.2 Å². The van der Waals surface area contributed by atoms with E-state index in [4.69, 9.17) is 0 Å². The van der Waals surface area contributed by atoms with Gasteiger partial charge in [0, 0.05) is 30.1 Å². The van der Waals surface area contributed by atoms with Crippen molar-refractivity contribution in [1.82, 2.24) is 9.62 Å². The van der Waals surface area contributed by atoms with E-state index in [-0.39, 0.29) is 10.8 Å². The minimum absolute atomic E-state index is 0.176. The van der Waals surface area contributed by atoms with Gasteiger partial charge in [-0.15, -0.1) is 11.8 Å². The Kier molecular flexibility index (Phi) is 6.93. The number of sulfonamides is 1. The predicted molar refractivity (Wildman–Crippen MR) is 109 cm³/mol. The van der Waals surface area contributed by atoms with Crippen LogP contribution in [0.4, 0.5) is 0 Å². The Morgan fingerprint density at radius 2 is 1.67 bits per heavy atom. The zero-order chi connectivity index (χ0) is 19.1. The quantitative estimate of drug-likeness (QED) is 0.541. The standard InChI is InChI=1S/C20H24N2O3S2/c23-20(21-13-6-16-26-18-7-2-1-3-8-18)17-9-11-19(12-10-17)27(24,25)22-14-4-5-15-22/h1-3,7-12H,4-6,13-16H2,(H,21,23). The number of thioether (sulfide) groups is 1. The number of benzene rings is 2. The molecule has 0 radical (unpaired) electrons. The second kappa shape index (κ2) is 9.39. The lowest BCUT2D eigenvalue weighted by Crippen LogP contribution is -2.28. The molecule has 5 nitrogen and oxygen atoms in total. The van der Waals surface area contributed by atoms with E-state index in [1.807, 2.05) is 18.2 Å². The molecule has 1 heterocycles. The van der Waals surface area contributed by atoms with E-state index in [2.05, 4.69) is 17.4 Å². The lowest BCUT2D eigenvalue weighted by atomic mass is 10.2. The van der Waals surface area contributed by atoms with Crippen molar-refractivity contribution in [2.75, 3.05) is 25.4 Å². The van der Waals surface area contributed by atoms with Crippen LogP contribution >= 0.6 is 11.8 Å². The lowest BCUT2D eigenvalue weighted by molar-refractivity contribution is 0.0953. The van der Waals surface area contributed by atoms with Gasteiger partial charge in [-0.2, -0.15) is 4.31 Å². The van der Waals surface area contributed by atoms with Crippen LogP contribution in [0.25, 0.3) is 0 Å². The Hall–Kier alpha value is -1.83. The first kappa shape index (κ1) is 19.9. The first-order chi connectivity index (χ1) is 13.1. The predicted octanol–water partition coefficient (Wildman–Crippen LogP) is 3.38. The number of nitrogens with zero attached hydrogens (tertiary/aromatic N) is 1. The van der Waals surface area contributed by atoms with E-state index < -0.39 is 10.0 Å². The van der Waals surface area contributed by atoms with E-state index in [1.165, 1.54) is 21.3 Å². The van der Waals surface area contributed by atoms with Crippen LogP contribution in [0.15, 0.2) is 64.4 Å². The minimum atomic E-state index is -3.43. The summed E-state index contributed by atoms with van der Waals surface area (Å²) in [4.78, 5) is 13.7. The zero-order valence-corrected chi connectivity index (χ0v) is 16.8. The molecular formula is C20H24N2O3S2. The molecular weight excluding hydrogens is 380 g/mol. The summed E-state index contributed by atoms with van der Waals surface area (Å²) in [6, 6.07) is 16.4. The first-order valence-corrected chi connectivity index (χ1v) is 11.6. The van der Waals surface area contributed by atoms with E-state index in [1.54, 1.807) is 23.9 Å².